The maximum Gasteiger partial charge on any atom is 0.255 e. The molecule has 0 aliphatic rings. The highest BCUT2D eigenvalue weighted by Crippen LogP contribution is 2.21. The number of carbonyl (C=O) groups excluding carboxylic acids is 1. The van der Waals surface area contributed by atoms with Crippen LogP contribution in [0, 0.1) is 13.8 Å². The molecule has 0 radical (unpaired) electrons. The Bertz CT molecular complexity index is 857. The Morgan fingerprint density at radius 2 is 1.83 bits per heavy atom. The number of aryl methyl sites for hydroxylation is 2. The van der Waals surface area contributed by atoms with Crippen LogP contribution in [-0.4, -0.2) is 16.1 Å². The molecule has 0 aliphatic heterocycles. The fourth-order valence-corrected chi connectivity index (χ4v) is 2.23. The van der Waals surface area contributed by atoms with Crippen LogP contribution in [-0.2, 0) is 0 Å². The first kappa shape index (κ1) is 15.2. The van der Waals surface area contributed by atoms with Crippen molar-refractivity contribution in [1.82, 2.24) is 10.2 Å². The van der Waals surface area contributed by atoms with Gasteiger partial charge in [0.05, 0.1) is 0 Å². The minimum absolute atomic E-state index is 0.210. The zero-order valence-corrected chi connectivity index (χ0v) is 13.4. The molecule has 1 aromatic heterocycles. The van der Waals surface area contributed by atoms with Crippen molar-refractivity contribution >= 4 is 23.2 Å². The first-order chi connectivity index (χ1) is 11.0. The minimum atomic E-state index is -0.210. The van der Waals surface area contributed by atoms with Crippen molar-refractivity contribution in [2.75, 3.05) is 5.32 Å². The molecule has 116 valence electrons. The summed E-state index contributed by atoms with van der Waals surface area (Å²) >= 11 is 6.06. The molecule has 0 fully saturated rings. The van der Waals surface area contributed by atoms with Gasteiger partial charge in [-0.15, -0.1) is 10.2 Å². The highest BCUT2D eigenvalue weighted by atomic mass is 35.5. The average Bonchev–Trinajstić information content (AvgIpc) is 2.97. The number of hydrogen-bond donors (Lipinski definition) is 1. The summed E-state index contributed by atoms with van der Waals surface area (Å²) in [6, 6.07) is 12.4. The molecule has 3 rings (SSSR count). The molecule has 6 heteroatoms. The predicted octanol–water partition coefficient (Wildman–Crippen LogP) is 4.26. The van der Waals surface area contributed by atoms with Crippen LogP contribution in [0.5, 0.6) is 0 Å². The molecule has 1 amide bonds. The third kappa shape index (κ3) is 3.40. The van der Waals surface area contributed by atoms with Gasteiger partial charge in [-0.2, -0.15) is 0 Å². The van der Waals surface area contributed by atoms with Crippen LogP contribution in [0.25, 0.3) is 11.5 Å². The van der Waals surface area contributed by atoms with Crippen molar-refractivity contribution in [2.24, 2.45) is 0 Å². The quantitative estimate of drug-likeness (QED) is 0.780. The standard InChI is InChI=1S/C17H14ClN3O2/c1-10-3-8-14(9-15(10)18)19-16(22)12-4-6-13(7-5-12)17-21-20-11(2)23-17/h3-9H,1-2H3,(H,19,22). The summed E-state index contributed by atoms with van der Waals surface area (Å²) in [5, 5.41) is 11.2. The summed E-state index contributed by atoms with van der Waals surface area (Å²) in [4.78, 5) is 12.3. The van der Waals surface area contributed by atoms with E-state index in [1.54, 1.807) is 37.3 Å². The lowest BCUT2D eigenvalue weighted by atomic mass is 10.1. The second-order valence-corrected chi connectivity index (χ2v) is 5.53. The van der Waals surface area contributed by atoms with Crippen LogP contribution in [0.4, 0.5) is 5.69 Å². The molecule has 0 saturated heterocycles. The summed E-state index contributed by atoms with van der Waals surface area (Å²) in [7, 11) is 0. The van der Waals surface area contributed by atoms with E-state index < -0.39 is 0 Å². The normalized spacial score (nSPS) is 10.6. The molecule has 1 heterocycles. The summed E-state index contributed by atoms with van der Waals surface area (Å²) in [6.45, 7) is 3.64. The molecule has 3 aromatic rings. The molecule has 0 unspecified atom stereocenters. The van der Waals surface area contributed by atoms with Gasteiger partial charge in [-0.25, -0.2) is 0 Å². The van der Waals surface area contributed by atoms with E-state index in [1.165, 1.54) is 0 Å². The van der Waals surface area contributed by atoms with E-state index in [1.807, 2.05) is 19.1 Å². The van der Waals surface area contributed by atoms with Crippen LogP contribution < -0.4 is 5.32 Å². The van der Waals surface area contributed by atoms with Crippen molar-refractivity contribution in [1.29, 1.82) is 0 Å². The summed E-state index contributed by atoms with van der Waals surface area (Å²) in [6.07, 6.45) is 0. The molecule has 0 bridgehead atoms. The monoisotopic (exact) mass is 327 g/mol. The molecule has 2 aromatic carbocycles. The first-order valence-corrected chi connectivity index (χ1v) is 7.39. The van der Waals surface area contributed by atoms with E-state index in [2.05, 4.69) is 15.5 Å². The minimum Gasteiger partial charge on any atom is -0.421 e. The van der Waals surface area contributed by atoms with Crippen LogP contribution >= 0.6 is 11.6 Å². The maximum atomic E-state index is 12.3. The lowest BCUT2D eigenvalue weighted by molar-refractivity contribution is 0.102. The second kappa shape index (κ2) is 6.22. The Hall–Kier alpha value is -2.66. The summed E-state index contributed by atoms with van der Waals surface area (Å²) in [5.74, 6) is 0.719. The number of nitrogens with zero attached hydrogens (tertiary/aromatic N) is 2. The summed E-state index contributed by atoms with van der Waals surface area (Å²) in [5.41, 5.74) is 2.91. The summed E-state index contributed by atoms with van der Waals surface area (Å²) < 4.78 is 5.35. The third-order valence-electron chi connectivity index (χ3n) is 3.35. The Morgan fingerprint density at radius 1 is 1.09 bits per heavy atom. The van der Waals surface area contributed by atoms with Crippen molar-refractivity contribution in [2.45, 2.75) is 13.8 Å². The molecule has 0 saturated carbocycles. The number of nitrogens with one attached hydrogen (secondary N) is 1. The Labute approximate surface area is 138 Å². The van der Waals surface area contributed by atoms with E-state index in [4.69, 9.17) is 16.0 Å². The van der Waals surface area contributed by atoms with Gasteiger partial charge in [0.2, 0.25) is 11.8 Å². The Balaban J connectivity index is 1.76. The zero-order chi connectivity index (χ0) is 16.4. The molecule has 1 N–H and O–H groups in total. The Morgan fingerprint density at radius 3 is 2.43 bits per heavy atom. The van der Waals surface area contributed by atoms with Gasteiger partial charge in [-0.05, 0) is 48.9 Å². The number of rotatable bonds is 3. The fourth-order valence-electron chi connectivity index (χ4n) is 2.05. The molecule has 0 atom stereocenters. The molecule has 5 nitrogen and oxygen atoms in total. The lowest BCUT2D eigenvalue weighted by Crippen LogP contribution is -2.11. The van der Waals surface area contributed by atoms with Gasteiger partial charge in [0.15, 0.2) is 0 Å². The SMILES string of the molecule is Cc1nnc(-c2ccc(C(=O)Nc3ccc(C)c(Cl)c3)cc2)o1. The smallest absolute Gasteiger partial charge is 0.255 e. The third-order valence-corrected chi connectivity index (χ3v) is 3.76. The van der Waals surface area contributed by atoms with Crippen molar-refractivity contribution in [3.8, 4) is 11.5 Å². The largest absolute Gasteiger partial charge is 0.421 e. The molecule has 23 heavy (non-hydrogen) atoms. The van der Waals surface area contributed by atoms with Gasteiger partial charge >= 0.3 is 0 Å². The van der Waals surface area contributed by atoms with E-state index in [0.29, 0.717) is 28.1 Å². The number of halogens is 1. The first-order valence-electron chi connectivity index (χ1n) is 7.01. The molecule has 0 aliphatic carbocycles. The van der Waals surface area contributed by atoms with E-state index >= 15 is 0 Å². The fraction of sp³-hybridized carbons (Fsp3) is 0.118. The number of hydrogen-bond acceptors (Lipinski definition) is 4. The maximum absolute atomic E-state index is 12.3. The zero-order valence-electron chi connectivity index (χ0n) is 12.6. The number of aromatic nitrogens is 2. The highest BCUT2D eigenvalue weighted by molar-refractivity contribution is 6.31. The number of anilines is 1. The van der Waals surface area contributed by atoms with E-state index in [0.717, 1.165) is 11.1 Å². The van der Waals surface area contributed by atoms with Crippen molar-refractivity contribution in [3.05, 3.63) is 64.5 Å². The molecular formula is C17H14ClN3O2. The topological polar surface area (TPSA) is 68.0 Å². The van der Waals surface area contributed by atoms with Crippen LogP contribution in [0.15, 0.2) is 46.9 Å². The van der Waals surface area contributed by atoms with Crippen molar-refractivity contribution in [3.63, 3.8) is 0 Å². The predicted molar refractivity (Wildman–Crippen MR) is 88.6 cm³/mol. The van der Waals surface area contributed by atoms with Crippen LogP contribution in [0.2, 0.25) is 5.02 Å². The molecule has 0 spiro atoms. The van der Waals surface area contributed by atoms with Gasteiger partial charge in [0, 0.05) is 28.8 Å². The van der Waals surface area contributed by atoms with Crippen molar-refractivity contribution < 1.29 is 9.21 Å². The van der Waals surface area contributed by atoms with Crippen LogP contribution in [0.1, 0.15) is 21.8 Å². The Kier molecular flexibility index (Phi) is 4.12. The van der Waals surface area contributed by atoms with Gasteiger partial charge in [-0.1, -0.05) is 17.7 Å². The lowest BCUT2D eigenvalue weighted by Gasteiger charge is -2.07. The van der Waals surface area contributed by atoms with E-state index in [-0.39, 0.29) is 5.91 Å². The number of amides is 1. The molecular weight excluding hydrogens is 314 g/mol. The van der Waals surface area contributed by atoms with Gasteiger partial charge in [0.25, 0.3) is 5.91 Å². The van der Waals surface area contributed by atoms with Gasteiger partial charge < -0.3 is 9.73 Å². The number of benzene rings is 2. The van der Waals surface area contributed by atoms with Gasteiger partial charge in [-0.3, -0.25) is 4.79 Å². The van der Waals surface area contributed by atoms with Crippen LogP contribution in [0.3, 0.4) is 0 Å². The van der Waals surface area contributed by atoms with Gasteiger partial charge in [0.1, 0.15) is 0 Å². The van der Waals surface area contributed by atoms with E-state index in [9.17, 15) is 4.79 Å². The number of carbonyl (C=O) groups is 1. The second-order valence-electron chi connectivity index (χ2n) is 5.12. The average molecular weight is 328 g/mol. The highest BCUT2D eigenvalue weighted by Gasteiger charge is 2.10.